The number of carbonyl (C=O) groups is 1. The minimum absolute atomic E-state index is 0.187. The van der Waals surface area contributed by atoms with Gasteiger partial charge in [-0.05, 0) is 43.5 Å². The molecule has 3 heterocycles. The summed E-state index contributed by atoms with van der Waals surface area (Å²) in [5.41, 5.74) is 9.53. The van der Waals surface area contributed by atoms with Gasteiger partial charge in [0.15, 0.2) is 0 Å². The number of aromatic nitrogens is 5. The van der Waals surface area contributed by atoms with Crippen LogP contribution in [0.5, 0.6) is 0 Å². The molecule has 1 unspecified atom stereocenters. The zero-order valence-electron chi connectivity index (χ0n) is 19.4. The minimum atomic E-state index is -0.965. The Kier molecular flexibility index (Phi) is 5.67. The number of benzene rings is 2. The largest absolute Gasteiger partial charge is 0.361 e. The topological polar surface area (TPSA) is 117 Å². The highest BCUT2D eigenvalue weighted by Gasteiger charge is 2.27. The Bertz CT molecular complexity index is 1440. The number of hydrogen-bond acceptors (Lipinski definition) is 4. The van der Waals surface area contributed by atoms with Crippen LogP contribution in [0.15, 0.2) is 67.3 Å². The summed E-state index contributed by atoms with van der Waals surface area (Å²) in [6, 6.07) is 16.4. The molecule has 0 aliphatic heterocycles. The number of rotatable bonds is 8. The fraction of sp³-hybridized carbons (Fsp3) is 0.269. The quantitative estimate of drug-likeness (QED) is 0.287. The zero-order chi connectivity index (χ0) is 23.7. The molecule has 8 nitrogen and oxygen atoms in total. The van der Waals surface area contributed by atoms with Crippen LogP contribution < -0.4 is 11.1 Å². The molecule has 0 aliphatic rings. The smallest absolute Gasteiger partial charge is 0.239 e. The Morgan fingerprint density at radius 2 is 1.74 bits per heavy atom. The summed E-state index contributed by atoms with van der Waals surface area (Å²) in [5, 5.41) is 14.1. The fourth-order valence-electron chi connectivity index (χ4n) is 4.43. The lowest BCUT2D eigenvalue weighted by molar-refractivity contribution is -0.125. The van der Waals surface area contributed by atoms with Crippen LogP contribution >= 0.6 is 0 Å². The fourth-order valence-corrected chi connectivity index (χ4v) is 4.43. The highest BCUT2D eigenvalue weighted by Crippen LogP contribution is 2.30. The van der Waals surface area contributed by atoms with E-state index in [1.54, 1.807) is 20.2 Å². The number of amides is 1. The maximum absolute atomic E-state index is 12.6. The van der Waals surface area contributed by atoms with Crippen molar-refractivity contribution in [3.05, 3.63) is 84.2 Å². The van der Waals surface area contributed by atoms with Crippen molar-refractivity contribution in [1.82, 2.24) is 30.0 Å². The first-order chi connectivity index (χ1) is 16.4. The summed E-state index contributed by atoms with van der Waals surface area (Å²) < 4.78 is 2.08. The Labute approximate surface area is 197 Å². The lowest BCUT2D eigenvalue weighted by atomic mass is 9.96. The molecule has 0 radical (unpaired) electrons. The molecule has 5 rings (SSSR count). The van der Waals surface area contributed by atoms with E-state index in [4.69, 9.17) is 5.73 Å². The van der Waals surface area contributed by atoms with E-state index in [2.05, 4.69) is 60.5 Å². The Morgan fingerprint density at radius 1 is 1.06 bits per heavy atom. The van der Waals surface area contributed by atoms with Gasteiger partial charge in [-0.3, -0.25) is 4.79 Å². The number of carbonyl (C=O) groups excluding carboxylic acids is 1. The van der Waals surface area contributed by atoms with Crippen molar-refractivity contribution >= 4 is 27.7 Å². The molecule has 34 heavy (non-hydrogen) atoms. The number of nitrogens with two attached hydrogens (primary N) is 1. The molecule has 0 saturated carbocycles. The molecule has 1 atom stereocenters. The molecular weight excluding hydrogens is 426 g/mol. The van der Waals surface area contributed by atoms with Crippen LogP contribution in [0.2, 0.25) is 0 Å². The molecule has 8 heteroatoms. The predicted molar refractivity (Wildman–Crippen MR) is 133 cm³/mol. The van der Waals surface area contributed by atoms with E-state index in [1.165, 1.54) is 10.9 Å². The first-order valence-corrected chi connectivity index (χ1v) is 11.5. The number of aromatic amines is 2. The van der Waals surface area contributed by atoms with Crippen LogP contribution in [0.4, 0.5) is 0 Å². The lowest BCUT2D eigenvalue weighted by Crippen LogP contribution is -2.50. The van der Waals surface area contributed by atoms with E-state index >= 15 is 0 Å². The van der Waals surface area contributed by atoms with Crippen molar-refractivity contribution in [1.29, 1.82) is 0 Å². The molecule has 0 saturated heterocycles. The molecule has 0 bridgehead atoms. The van der Waals surface area contributed by atoms with Crippen LogP contribution in [0.25, 0.3) is 21.8 Å². The van der Waals surface area contributed by atoms with Gasteiger partial charge in [0, 0.05) is 47.3 Å². The zero-order valence-corrected chi connectivity index (χ0v) is 19.4. The summed E-state index contributed by atoms with van der Waals surface area (Å²) in [5.74, 6) is 0.412. The molecule has 2 aromatic carbocycles. The van der Waals surface area contributed by atoms with E-state index in [9.17, 15) is 4.79 Å². The number of para-hydroxylation sites is 2. The van der Waals surface area contributed by atoms with Gasteiger partial charge in [-0.1, -0.05) is 36.4 Å². The molecule has 5 aromatic rings. The predicted octanol–water partition coefficient (Wildman–Crippen LogP) is 3.47. The second-order valence-electron chi connectivity index (χ2n) is 9.27. The van der Waals surface area contributed by atoms with E-state index in [1.807, 2.05) is 30.5 Å². The summed E-state index contributed by atoms with van der Waals surface area (Å²) in [6.07, 6.45) is 6.65. The molecule has 0 spiro atoms. The van der Waals surface area contributed by atoms with Gasteiger partial charge in [0.25, 0.3) is 0 Å². The maximum atomic E-state index is 12.6. The van der Waals surface area contributed by atoms with Crippen molar-refractivity contribution < 1.29 is 4.79 Å². The minimum Gasteiger partial charge on any atom is -0.361 e. The molecule has 0 aliphatic carbocycles. The number of H-pyrrole nitrogens is 2. The highest BCUT2D eigenvalue weighted by atomic mass is 16.2. The van der Waals surface area contributed by atoms with Crippen LogP contribution in [-0.2, 0) is 17.8 Å². The summed E-state index contributed by atoms with van der Waals surface area (Å²) >= 11 is 0. The third-order valence-electron chi connectivity index (χ3n) is 6.30. The Balaban J connectivity index is 1.46. The number of aryl methyl sites for hydroxylation is 2. The van der Waals surface area contributed by atoms with Crippen LogP contribution in [0, 0.1) is 0 Å². The van der Waals surface area contributed by atoms with Crippen molar-refractivity contribution in [2.45, 2.75) is 38.3 Å². The molecule has 5 N–H and O–H groups in total. The van der Waals surface area contributed by atoms with Crippen LogP contribution in [0.3, 0.4) is 0 Å². The van der Waals surface area contributed by atoms with Gasteiger partial charge in [-0.25, -0.2) is 0 Å². The van der Waals surface area contributed by atoms with E-state index in [0.29, 0.717) is 6.54 Å². The van der Waals surface area contributed by atoms with Gasteiger partial charge in [0.05, 0.1) is 11.5 Å². The average Bonchev–Trinajstić information content (AvgIpc) is 3.56. The summed E-state index contributed by atoms with van der Waals surface area (Å²) in [4.78, 5) is 19.3. The number of nitrogens with one attached hydrogen (secondary N) is 3. The summed E-state index contributed by atoms with van der Waals surface area (Å²) in [6.45, 7) is 4.49. The number of nitrogens with zero attached hydrogens (tertiary/aromatic N) is 3. The molecular formula is C26H29N7O. The van der Waals surface area contributed by atoms with Gasteiger partial charge in [-0.2, -0.15) is 0 Å². The SMILES string of the molecule is CC(C)(N)C(=O)NCC(c1c[nH]c2ccccc12)c1nncn1CCc1c[nH]c2ccccc12. The van der Waals surface area contributed by atoms with E-state index < -0.39 is 5.54 Å². The van der Waals surface area contributed by atoms with Gasteiger partial charge in [0.2, 0.25) is 5.91 Å². The number of hydrogen-bond donors (Lipinski definition) is 4. The van der Waals surface area contributed by atoms with Crippen molar-refractivity contribution in [3.8, 4) is 0 Å². The molecule has 1 amide bonds. The number of fused-ring (bicyclic) bond motifs is 2. The first-order valence-electron chi connectivity index (χ1n) is 11.5. The van der Waals surface area contributed by atoms with Gasteiger partial charge >= 0.3 is 0 Å². The maximum Gasteiger partial charge on any atom is 0.239 e. The van der Waals surface area contributed by atoms with Crippen LogP contribution in [0.1, 0.15) is 36.7 Å². The first kappa shape index (κ1) is 21.9. The normalized spacial score (nSPS) is 12.9. The van der Waals surface area contributed by atoms with Crippen molar-refractivity contribution in [2.75, 3.05) is 6.54 Å². The molecule has 0 fully saturated rings. The monoisotopic (exact) mass is 455 g/mol. The average molecular weight is 456 g/mol. The summed E-state index contributed by atoms with van der Waals surface area (Å²) in [7, 11) is 0. The van der Waals surface area contributed by atoms with Crippen molar-refractivity contribution in [3.63, 3.8) is 0 Å². The second kappa shape index (κ2) is 8.79. The highest BCUT2D eigenvalue weighted by molar-refractivity contribution is 5.86. The molecule has 174 valence electrons. The lowest BCUT2D eigenvalue weighted by Gasteiger charge is -2.22. The van der Waals surface area contributed by atoms with E-state index in [0.717, 1.165) is 40.8 Å². The molecule has 3 aromatic heterocycles. The Morgan fingerprint density at radius 3 is 2.50 bits per heavy atom. The van der Waals surface area contributed by atoms with Crippen molar-refractivity contribution in [2.24, 2.45) is 5.73 Å². The Hall–Kier alpha value is -3.91. The third kappa shape index (κ3) is 4.20. The third-order valence-corrected chi connectivity index (χ3v) is 6.30. The van der Waals surface area contributed by atoms with Gasteiger partial charge < -0.3 is 25.6 Å². The van der Waals surface area contributed by atoms with E-state index in [-0.39, 0.29) is 11.8 Å². The van der Waals surface area contributed by atoms with Gasteiger partial charge in [-0.15, -0.1) is 10.2 Å². The van der Waals surface area contributed by atoms with Gasteiger partial charge in [0.1, 0.15) is 12.2 Å². The standard InChI is InChI=1S/C26H29N7O/c1-26(2,27)25(34)30-15-21(20-14-29-23-10-6-4-8-19(20)23)24-32-31-16-33(24)12-11-17-13-28-22-9-5-3-7-18(17)22/h3-10,13-14,16,21,28-29H,11-12,15,27H2,1-2H3,(H,30,34). The van der Waals surface area contributed by atoms with Crippen LogP contribution in [-0.4, -0.2) is 42.7 Å². The second-order valence-corrected chi connectivity index (χ2v) is 9.27.